The minimum atomic E-state index is -4.05. The quantitative estimate of drug-likeness (QED) is 0.287. The van der Waals surface area contributed by atoms with Crippen LogP contribution in [0.15, 0.2) is 95.6 Å². The molecule has 4 aromatic rings. The molecule has 2 aromatic carbocycles. The number of nitrogens with one attached hydrogen (secondary N) is 1. The van der Waals surface area contributed by atoms with E-state index in [4.69, 9.17) is 8.92 Å². The first-order valence-corrected chi connectivity index (χ1v) is 15.7. The molecule has 0 amide bonds. The van der Waals surface area contributed by atoms with E-state index in [1.54, 1.807) is 62.4 Å². The van der Waals surface area contributed by atoms with Gasteiger partial charge in [-0.3, -0.25) is 8.98 Å². The highest BCUT2D eigenvalue weighted by molar-refractivity contribution is 7.91. The number of ether oxygens (including phenoxy) is 1. The molecular weight excluding hydrogens is 552 g/mol. The number of allylic oxidation sites excluding steroid dienone is 3. The summed E-state index contributed by atoms with van der Waals surface area (Å²) in [4.78, 5) is 15.8. The minimum absolute atomic E-state index is 0.0236. The lowest BCUT2D eigenvalue weighted by Crippen LogP contribution is -2.41. The summed E-state index contributed by atoms with van der Waals surface area (Å²) in [5, 5.41) is 0.392. The highest BCUT2D eigenvalue weighted by Gasteiger charge is 2.42. The molecule has 11 heteroatoms. The van der Waals surface area contributed by atoms with Crippen molar-refractivity contribution >= 4 is 31.0 Å². The number of aromatic amines is 1. The van der Waals surface area contributed by atoms with Crippen LogP contribution in [0.3, 0.4) is 0 Å². The zero-order chi connectivity index (χ0) is 28.7. The molecule has 0 radical (unpaired) electrons. The molecule has 9 nitrogen and oxygen atoms in total. The summed E-state index contributed by atoms with van der Waals surface area (Å²) in [5.41, 5.74) is 1.63. The smallest absolute Gasteiger partial charge is 0.273 e. The summed E-state index contributed by atoms with van der Waals surface area (Å²) in [6.45, 7) is 3.20. The normalized spacial score (nSPS) is 17.6. The van der Waals surface area contributed by atoms with Crippen molar-refractivity contribution in [2.75, 3.05) is 6.26 Å². The Morgan fingerprint density at radius 1 is 1.02 bits per heavy atom. The van der Waals surface area contributed by atoms with Gasteiger partial charge >= 0.3 is 0 Å². The van der Waals surface area contributed by atoms with E-state index in [2.05, 4.69) is 4.98 Å². The lowest BCUT2D eigenvalue weighted by molar-refractivity contribution is 0.311. The predicted molar refractivity (Wildman–Crippen MR) is 154 cm³/mol. The van der Waals surface area contributed by atoms with E-state index in [0.29, 0.717) is 39.1 Å². The third-order valence-electron chi connectivity index (χ3n) is 7.10. The second-order valence-corrected chi connectivity index (χ2v) is 13.7. The Bertz CT molecular complexity index is 1940. The second kappa shape index (κ2) is 10.2. The molecule has 1 N–H and O–H groups in total. The van der Waals surface area contributed by atoms with Gasteiger partial charge in [0.2, 0.25) is 10.0 Å². The van der Waals surface area contributed by atoms with Crippen LogP contribution in [0.4, 0.5) is 0 Å². The number of para-hydroxylation sites is 1. The number of nitrogens with zero attached hydrogens (tertiary/aromatic N) is 1. The Balaban J connectivity index is 1.69. The molecule has 1 atom stereocenters. The summed E-state index contributed by atoms with van der Waals surface area (Å²) in [7, 11) is -7.74. The zero-order valence-electron chi connectivity index (χ0n) is 22.1. The van der Waals surface area contributed by atoms with Crippen LogP contribution < -0.4 is 10.3 Å². The molecule has 0 bridgehead atoms. The van der Waals surface area contributed by atoms with Gasteiger partial charge in [0.25, 0.3) is 15.7 Å². The Morgan fingerprint density at radius 3 is 2.48 bits per heavy atom. The maximum Gasteiger partial charge on any atom is 0.273 e. The molecule has 1 aliphatic rings. The largest absolute Gasteiger partial charge is 0.457 e. The highest BCUT2D eigenvalue weighted by Crippen LogP contribution is 2.40. The van der Waals surface area contributed by atoms with E-state index in [1.165, 1.54) is 12.4 Å². The number of benzene rings is 2. The lowest BCUT2D eigenvalue weighted by Gasteiger charge is -2.31. The Labute approximate surface area is 232 Å². The van der Waals surface area contributed by atoms with Gasteiger partial charge in [-0.05, 0) is 56.2 Å². The molecule has 0 aliphatic heterocycles. The average Bonchev–Trinajstić information content (AvgIpc) is 3.37. The third kappa shape index (κ3) is 5.03. The minimum Gasteiger partial charge on any atom is -0.457 e. The number of rotatable bonds is 8. The van der Waals surface area contributed by atoms with Crippen LogP contribution in [-0.2, 0) is 30.9 Å². The average molecular weight is 581 g/mol. The van der Waals surface area contributed by atoms with Crippen LogP contribution in [0.5, 0.6) is 11.5 Å². The molecule has 1 aliphatic carbocycles. The van der Waals surface area contributed by atoms with Crippen LogP contribution in [0, 0.1) is 0 Å². The van der Waals surface area contributed by atoms with Crippen LogP contribution in [0.1, 0.15) is 25.8 Å². The Kier molecular flexibility index (Phi) is 7.07. The lowest BCUT2D eigenvalue weighted by atomic mass is 9.94. The first-order chi connectivity index (χ1) is 18.9. The van der Waals surface area contributed by atoms with Crippen molar-refractivity contribution in [3.05, 3.63) is 107 Å². The Hall–Kier alpha value is -3.93. The number of hydrogen-bond donors (Lipinski definition) is 1. The van der Waals surface area contributed by atoms with Crippen LogP contribution >= 0.6 is 0 Å². The fourth-order valence-corrected chi connectivity index (χ4v) is 6.90. The number of H-pyrrole nitrogens is 1. The monoisotopic (exact) mass is 580 g/mol. The standard InChI is InChI=1S/C29H28N2O7S2/c1-20-9-7-8-15-29(20,2)40(35,36)31-16-14-23-25(18-30-28(32)27(23)31)24-17-21(19-37-39(3,33)34)12-13-26(24)38-22-10-5-4-6-11-22/h4-14,16-18H,15,19H2,1-3H3,(H,30,32). The van der Waals surface area contributed by atoms with Crippen molar-refractivity contribution in [3.63, 3.8) is 0 Å². The SMILES string of the molecule is CC1=CC=CCC1(C)S(=O)(=O)n1ccc2c(-c3cc(COS(C)(=O)=O)ccc3Oc3ccccc3)c[nH]c(=O)c21. The molecule has 0 fully saturated rings. The molecular formula is C29H28N2O7S2. The van der Waals surface area contributed by atoms with Gasteiger partial charge in [-0.2, -0.15) is 8.42 Å². The van der Waals surface area contributed by atoms with Gasteiger partial charge in [0.15, 0.2) is 0 Å². The summed E-state index contributed by atoms with van der Waals surface area (Å²) >= 11 is 0. The van der Waals surface area contributed by atoms with Gasteiger partial charge in [0, 0.05) is 28.9 Å². The second-order valence-electron chi connectivity index (χ2n) is 9.84. The first-order valence-electron chi connectivity index (χ1n) is 12.4. The van der Waals surface area contributed by atoms with E-state index < -0.39 is 30.4 Å². The molecule has 40 heavy (non-hydrogen) atoms. The van der Waals surface area contributed by atoms with E-state index in [-0.39, 0.29) is 18.5 Å². The van der Waals surface area contributed by atoms with Crippen LogP contribution in [0.25, 0.3) is 22.0 Å². The number of aromatic nitrogens is 2. The number of hydrogen-bond acceptors (Lipinski definition) is 7. The summed E-state index contributed by atoms with van der Waals surface area (Å²) in [6.07, 6.45) is 9.50. The van der Waals surface area contributed by atoms with Crippen LogP contribution in [-0.4, -0.2) is 36.8 Å². The molecule has 5 rings (SSSR count). The van der Waals surface area contributed by atoms with Crippen molar-refractivity contribution in [3.8, 4) is 22.6 Å². The molecule has 208 valence electrons. The topological polar surface area (TPSA) is 125 Å². The zero-order valence-corrected chi connectivity index (χ0v) is 23.8. The number of pyridine rings is 1. The molecule has 0 saturated heterocycles. The predicted octanol–water partition coefficient (Wildman–Crippen LogP) is 5.11. The van der Waals surface area contributed by atoms with E-state index >= 15 is 0 Å². The van der Waals surface area contributed by atoms with Crippen molar-refractivity contribution in [1.82, 2.24) is 8.96 Å². The molecule has 0 spiro atoms. The molecule has 0 saturated carbocycles. The van der Waals surface area contributed by atoms with E-state index in [0.717, 1.165) is 10.2 Å². The number of fused-ring (bicyclic) bond motifs is 1. The van der Waals surface area contributed by atoms with Gasteiger partial charge in [-0.15, -0.1) is 0 Å². The maximum absolute atomic E-state index is 14.0. The molecule has 1 unspecified atom stereocenters. The van der Waals surface area contributed by atoms with E-state index in [9.17, 15) is 21.6 Å². The van der Waals surface area contributed by atoms with E-state index in [1.807, 2.05) is 24.3 Å². The third-order valence-corrected chi connectivity index (χ3v) is 10.1. The fourth-order valence-electron chi connectivity index (χ4n) is 4.69. The van der Waals surface area contributed by atoms with Gasteiger partial charge in [0.1, 0.15) is 21.8 Å². The summed E-state index contributed by atoms with van der Waals surface area (Å²) in [5.74, 6) is 0.978. The molecule has 2 heterocycles. The van der Waals surface area contributed by atoms with Gasteiger partial charge in [-0.25, -0.2) is 12.4 Å². The summed E-state index contributed by atoms with van der Waals surface area (Å²) < 4.78 is 62.1. The first kappa shape index (κ1) is 27.6. The summed E-state index contributed by atoms with van der Waals surface area (Å²) in [6, 6.07) is 15.7. The van der Waals surface area contributed by atoms with Gasteiger partial charge in [-0.1, -0.05) is 48.1 Å². The Morgan fingerprint density at radius 2 is 1.77 bits per heavy atom. The van der Waals surface area contributed by atoms with Crippen molar-refractivity contribution < 1.29 is 25.8 Å². The van der Waals surface area contributed by atoms with Crippen molar-refractivity contribution in [1.29, 1.82) is 0 Å². The van der Waals surface area contributed by atoms with Gasteiger partial charge < -0.3 is 9.72 Å². The maximum atomic E-state index is 14.0. The van der Waals surface area contributed by atoms with Crippen molar-refractivity contribution in [2.24, 2.45) is 0 Å². The highest BCUT2D eigenvalue weighted by atomic mass is 32.2. The molecule has 2 aromatic heterocycles. The van der Waals surface area contributed by atoms with Gasteiger partial charge in [0.05, 0.1) is 12.9 Å². The van der Waals surface area contributed by atoms with Crippen molar-refractivity contribution in [2.45, 2.75) is 31.6 Å². The van der Waals surface area contributed by atoms with Crippen LogP contribution in [0.2, 0.25) is 0 Å². The fraction of sp³-hybridized carbons (Fsp3) is 0.207.